The zero-order chi connectivity index (χ0) is 22.3. The Hall–Kier alpha value is -2.40. The topological polar surface area (TPSA) is 80.0 Å². The Morgan fingerprint density at radius 1 is 1.27 bits per heavy atom. The minimum absolute atomic E-state index is 0.0308. The standard InChI is InChI=1S/C19H20F6N4O/c1-10-7-17(9-27-8-10,29-16(30)15(26)19(23,24)25)12-4-5-13(18(20,21)22)14-11(12)3-2-6-28-14/h2-6,10,15,27H,7-9,26H2,1H3,(H,29,30)/t10-,15+,17-/m0/s1. The number of hydrogen-bond donors (Lipinski definition) is 3. The van der Waals surface area contributed by atoms with Crippen LogP contribution in [-0.2, 0) is 16.5 Å². The average molecular weight is 434 g/mol. The van der Waals surface area contributed by atoms with Gasteiger partial charge in [-0.15, -0.1) is 0 Å². The molecule has 164 valence electrons. The molecule has 0 bridgehead atoms. The zero-order valence-electron chi connectivity index (χ0n) is 15.9. The maximum atomic E-state index is 13.4. The van der Waals surface area contributed by atoms with Gasteiger partial charge in [0.05, 0.1) is 16.6 Å². The monoisotopic (exact) mass is 434 g/mol. The number of hydrogen-bond acceptors (Lipinski definition) is 4. The van der Waals surface area contributed by atoms with Gasteiger partial charge < -0.3 is 16.4 Å². The molecule has 1 aliphatic rings. The molecule has 0 radical (unpaired) electrons. The van der Waals surface area contributed by atoms with Gasteiger partial charge in [-0.3, -0.25) is 9.78 Å². The molecule has 1 fully saturated rings. The maximum absolute atomic E-state index is 13.4. The molecule has 2 aromatic rings. The van der Waals surface area contributed by atoms with E-state index >= 15 is 0 Å². The molecule has 1 saturated heterocycles. The van der Waals surface area contributed by atoms with Gasteiger partial charge in [0, 0.05) is 18.1 Å². The summed E-state index contributed by atoms with van der Waals surface area (Å²) in [6.45, 7) is 2.39. The van der Waals surface area contributed by atoms with Crippen LogP contribution in [0.25, 0.3) is 10.9 Å². The average Bonchev–Trinajstić information content (AvgIpc) is 2.64. The Balaban J connectivity index is 2.16. The molecular weight excluding hydrogens is 414 g/mol. The fourth-order valence-corrected chi connectivity index (χ4v) is 3.92. The number of amides is 1. The lowest BCUT2D eigenvalue weighted by Gasteiger charge is -2.43. The van der Waals surface area contributed by atoms with Crippen molar-refractivity contribution < 1.29 is 31.1 Å². The second-order valence-electron chi connectivity index (χ2n) is 7.59. The number of fused-ring (bicyclic) bond motifs is 1. The smallest absolute Gasteiger partial charge is 0.344 e. The van der Waals surface area contributed by atoms with Gasteiger partial charge in [0.15, 0.2) is 6.04 Å². The molecule has 1 aromatic heterocycles. The van der Waals surface area contributed by atoms with Crippen LogP contribution in [0, 0.1) is 5.92 Å². The van der Waals surface area contributed by atoms with Crippen LogP contribution in [-0.4, -0.2) is 36.2 Å². The first-order chi connectivity index (χ1) is 13.8. The number of carbonyl (C=O) groups excluding carboxylic acids is 1. The number of piperidine rings is 1. The van der Waals surface area contributed by atoms with Gasteiger partial charge in [-0.1, -0.05) is 19.1 Å². The summed E-state index contributed by atoms with van der Waals surface area (Å²) in [6, 6.07) is 2.10. The number of carbonyl (C=O) groups is 1. The number of nitrogens with one attached hydrogen (secondary N) is 2. The Morgan fingerprint density at radius 3 is 2.57 bits per heavy atom. The van der Waals surface area contributed by atoms with Gasteiger partial charge in [-0.25, -0.2) is 0 Å². The molecule has 0 aliphatic carbocycles. The van der Waals surface area contributed by atoms with E-state index in [-0.39, 0.29) is 35.3 Å². The van der Waals surface area contributed by atoms with Crippen molar-refractivity contribution in [2.75, 3.05) is 13.1 Å². The van der Waals surface area contributed by atoms with E-state index in [1.807, 2.05) is 6.92 Å². The van der Waals surface area contributed by atoms with Crippen LogP contribution in [0.5, 0.6) is 0 Å². The molecule has 1 aliphatic heterocycles. The molecule has 11 heteroatoms. The third kappa shape index (κ3) is 4.22. The Bertz CT molecular complexity index is 945. The fraction of sp³-hybridized carbons (Fsp3) is 0.474. The second kappa shape index (κ2) is 7.69. The molecule has 1 aromatic carbocycles. The first kappa shape index (κ1) is 22.3. The summed E-state index contributed by atoms with van der Waals surface area (Å²) >= 11 is 0. The van der Waals surface area contributed by atoms with Crippen LogP contribution in [0.1, 0.15) is 24.5 Å². The lowest BCUT2D eigenvalue weighted by molar-refractivity contribution is -0.164. The van der Waals surface area contributed by atoms with E-state index in [4.69, 9.17) is 5.73 Å². The van der Waals surface area contributed by atoms with E-state index in [1.54, 1.807) is 0 Å². The maximum Gasteiger partial charge on any atom is 0.418 e. The van der Waals surface area contributed by atoms with Crippen LogP contribution in [0.3, 0.4) is 0 Å². The minimum Gasteiger partial charge on any atom is -0.344 e. The first-order valence-electron chi connectivity index (χ1n) is 9.15. The summed E-state index contributed by atoms with van der Waals surface area (Å²) < 4.78 is 79.2. The molecule has 3 rings (SSSR count). The van der Waals surface area contributed by atoms with Crippen LogP contribution < -0.4 is 16.4 Å². The highest BCUT2D eigenvalue weighted by Gasteiger charge is 2.47. The third-order valence-corrected chi connectivity index (χ3v) is 5.20. The lowest BCUT2D eigenvalue weighted by atomic mass is 9.77. The number of nitrogens with two attached hydrogens (primary N) is 1. The van der Waals surface area contributed by atoms with Gasteiger partial charge in [0.25, 0.3) is 0 Å². The van der Waals surface area contributed by atoms with Crippen molar-refractivity contribution >= 4 is 16.8 Å². The highest BCUT2D eigenvalue weighted by atomic mass is 19.4. The van der Waals surface area contributed by atoms with Gasteiger partial charge in [-0.05, 0) is 36.6 Å². The van der Waals surface area contributed by atoms with Gasteiger partial charge >= 0.3 is 12.4 Å². The predicted octanol–water partition coefficient (Wildman–Crippen LogP) is 3.08. The summed E-state index contributed by atoms with van der Waals surface area (Å²) in [5.74, 6) is -1.52. The van der Waals surface area contributed by atoms with Crippen LogP contribution in [0.15, 0.2) is 30.5 Å². The molecule has 4 N–H and O–H groups in total. The van der Waals surface area contributed by atoms with Gasteiger partial charge in [0.2, 0.25) is 5.91 Å². The fourth-order valence-electron chi connectivity index (χ4n) is 3.92. The van der Waals surface area contributed by atoms with Crippen molar-refractivity contribution in [2.45, 2.75) is 37.3 Å². The Kier molecular flexibility index (Phi) is 5.72. The van der Waals surface area contributed by atoms with Crippen molar-refractivity contribution in [3.63, 3.8) is 0 Å². The summed E-state index contributed by atoms with van der Waals surface area (Å²) in [5.41, 5.74) is 2.62. The van der Waals surface area contributed by atoms with E-state index in [0.717, 1.165) is 6.07 Å². The van der Waals surface area contributed by atoms with E-state index in [0.29, 0.717) is 6.54 Å². The number of nitrogens with zero attached hydrogens (tertiary/aromatic N) is 1. The minimum atomic E-state index is -4.96. The van der Waals surface area contributed by atoms with Crippen LogP contribution in [0.4, 0.5) is 26.3 Å². The van der Waals surface area contributed by atoms with Crippen molar-refractivity contribution in [3.8, 4) is 0 Å². The molecule has 2 heterocycles. The predicted molar refractivity (Wildman–Crippen MR) is 97.2 cm³/mol. The molecular formula is C19H20F6N4O. The van der Waals surface area contributed by atoms with Crippen molar-refractivity contribution in [2.24, 2.45) is 11.7 Å². The van der Waals surface area contributed by atoms with E-state index < -0.39 is 35.4 Å². The summed E-state index contributed by atoms with van der Waals surface area (Å²) in [7, 11) is 0. The first-order valence-corrected chi connectivity index (χ1v) is 9.15. The number of aromatic nitrogens is 1. The van der Waals surface area contributed by atoms with Crippen molar-refractivity contribution in [1.29, 1.82) is 0 Å². The van der Waals surface area contributed by atoms with E-state index in [2.05, 4.69) is 15.6 Å². The molecule has 0 saturated carbocycles. The molecule has 0 spiro atoms. The molecule has 0 unspecified atom stereocenters. The lowest BCUT2D eigenvalue weighted by Crippen LogP contribution is -2.62. The van der Waals surface area contributed by atoms with Crippen molar-refractivity contribution in [3.05, 3.63) is 41.6 Å². The van der Waals surface area contributed by atoms with E-state index in [9.17, 15) is 31.1 Å². The van der Waals surface area contributed by atoms with Crippen LogP contribution in [0.2, 0.25) is 0 Å². The molecule has 3 atom stereocenters. The normalized spacial score (nSPS) is 23.9. The number of pyridine rings is 1. The number of rotatable bonds is 3. The Labute approximate surface area is 168 Å². The quantitative estimate of drug-likeness (QED) is 0.649. The second-order valence-corrected chi connectivity index (χ2v) is 7.59. The Morgan fingerprint density at radius 2 is 1.97 bits per heavy atom. The number of benzene rings is 1. The summed E-state index contributed by atoms with van der Waals surface area (Å²) in [6.07, 6.45) is -8.21. The summed E-state index contributed by atoms with van der Waals surface area (Å²) in [4.78, 5) is 16.2. The molecule has 5 nitrogen and oxygen atoms in total. The number of halogens is 6. The number of alkyl halides is 6. The van der Waals surface area contributed by atoms with Crippen molar-refractivity contribution in [1.82, 2.24) is 15.6 Å². The SMILES string of the molecule is C[C@@H]1CNC[C@](NC(=O)[C@@H](N)C(F)(F)F)(c2ccc(C(F)(F)F)c3ncccc23)C1. The largest absolute Gasteiger partial charge is 0.418 e. The zero-order valence-corrected chi connectivity index (χ0v) is 15.9. The third-order valence-electron chi connectivity index (χ3n) is 5.20. The molecule has 1 amide bonds. The van der Waals surface area contributed by atoms with Gasteiger partial charge in [-0.2, -0.15) is 26.3 Å². The van der Waals surface area contributed by atoms with Gasteiger partial charge in [0.1, 0.15) is 0 Å². The summed E-state index contributed by atoms with van der Waals surface area (Å²) in [5, 5.41) is 5.52. The highest BCUT2D eigenvalue weighted by Crippen LogP contribution is 2.40. The highest BCUT2D eigenvalue weighted by molar-refractivity contribution is 5.89. The molecule has 30 heavy (non-hydrogen) atoms. The van der Waals surface area contributed by atoms with Crippen LogP contribution >= 0.6 is 0 Å². The van der Waals surface area contributed by atoms with E-state index in [1.165, 1.54) is 24.4 Å².